The molecule has 76 valence electrons. The first-order valence-corrected chi connectivity index (χ1v) is 3.98. The van der Waals surface area contributed by atoms with Gasteiger partial charge in [-0.15, -0.1) is 0 Å². The molecule has 1 aromatic carbocycles. The van der Waals surface area contributed by atoms with Crippen LogP contribution < -0.4 is 0 Å². The van der Waals surface area contributed by atoms with Gasteiger partial charge in [-0.25, -0.2) is 0 Å². The van der Waals surface area contributed by atoms with Crippen LogP contribution in [-0.4, -0.2) is 12.8 Å². The molecule has 0 aliphatic heterocycles. The summed E-state index contributed by atoms with van der Waals surface area (Å²) >= 11 is 0. The topological polar surface area (TPSA) is 9.23 Å². The quantitative estimate of drug-likeness (QED) is 0.683. The summed E-state index contributed by atoms with van der Waals surface area (Å²) in [7, 11) is 0. The lowest BCUT2D eigenvalue weighted by atomic mass is 10.2. The highest BCUT2D eigenvalue weighted by molar-refractivity contribution is 5.47. The van der Waals surface area contributed by atoms with Gasteiger partial charge in [0, 0.05) is 0 Å². The molecular formula is C10H9F3O. The molecule has 0 saturated heterocycles. The second-order valence-electron chi connectivity index (χ2n) is 2.64. The molecule has 0 aromatic heterocycles. The molecule has 0 fully saturated rings. The van der Waals surface area contributed by atoms with Crippen molar-refractivity contribution in [1.82, 2.24) is 0 Å². The van der Waals surface area contributed by atoms with Crippen LogP contribution in [0.1, 0.15) is 5.56 Å². The van der Waals surface area contributed by atoms with Crippen LogP contribution in [0.4, 0.5) is 13.2 Å². The third-order valence-corrected chi connectivity index (χ3v) is 1.40. The zero-order valence-corrected chi connectivity index (χ0v) is 7.29. The van der Waals surface area contributed by atoms with E-state index in [-0.39, 0.29) is 0 Å². The molecule has 0 heterocycles. The molecule has 0 atom stereocenters. The molecule has 0 spiro atoms. The lowest BCUT2D eigenvalue weighted by Crippen LogP contribution is -2.14. The van der Waals surface area contributed by atoms with Gasteiger partial charge < -0.3 is 4.74 Å². The van der Waals surface area contributed by atoms with E-state index < -0.39 is 12.8 Å². The van der Waals surface area contributed by atoms with Crippen LogP contribution in [0, 0.1) is 0 Å². The SMILES string of the molecule is FC(F)(F)COC=Cc1ccccc1. The molecule has 1 rings (SSSR count). The van der Waals surface area contributed by atoms with E-state index in [1.165, 1.54) is 6.08 Å². The van der Waals surface area contributed by atoms with Crippen LogP contribution in [0.5, 0.6) is 0 Å². The van der Waals surface area contributed by atoms with Crippen LogP contribution in [0.2, 0.25) is 0 Å². The van der Waals surface area contributed by atoms with Gasteiger partial charge in [-0.1, -0.05) is 30.3 Å². The molecular weight excluding hydrogens is 193 g/mol. The Morgan fingerprint density at radius 1 is 1.14 bits per heavy atom. The van der Waals surface area contributed by atoms with Crippen molar-refractivity contribution >= 4 is 6.08 Å². The zero-order valence-electron chi connectivity index (χ0n) is 7.29. The molecule has 0 unspecified atom stereocenters. The molecule has 1 nitrogen and oxygen atoms in total. The average molecular weight is 202 g/mol. The second-order valence-corrected chi connectivity index (χ2v) is 2.64. The van der Waals surface area contributed by atoms with Crippen molar-refractivity contribution in [3.63, 3.8) is 0 Å². The first-order valence-electron chi connectivity index (χ1n) is 3.98. The highest BCUT2D eigenvalue weighted by atomic mass is 19.4. The van der Waals surface area contributed by atoms with Gasteiger partial charge in [0.1, 0.15) is 0 Å². The van der Waals surface area contributed by atoms with E-state index in [0.717, 1.165) is 11.8 Å². The minimum atomic E-state index is -4.28. The summed E-state index contributed by atoms with van der Waals surface area (Å²) in [4.78, 5) is 0. The maximum Gasteiger partial charge on any atom is 0.422 e. The van der Waals surface area contributed by atoms with Crippen LogP contribution in [0.3, 0.4) is 0 Å². The molecule has 14 heavy (non-hydrogen) atoms. The number of hydrogen-bond donors (Lipinski definition) is 0. The molecule has 0 saturated carbocycles. The summed E-state index contributed by atoms with van der Waals surface area (Å²) in [6, 6.07) is 8.96. The minimum Gasteiger partial charge on any atom is -0.492 e. The van der Waals surface area contributed by atoms with Crippen molar-refractivity contribution < 1.29 is 17.9 Å². The van der Waals surface area contributed by atoms with E-state index in [2.05, 4.69) is 4.74 Å². The van der Waals surface area contributed by atoms with E-state index in [4.69, 9.17) is 0 Å². The lowest BCUT2D eigenvalue weighted by Gasteiger charge is -2.04. The van der Waals surface area contributed by atoms with Gasteiger partial charge in [-0.2, -0.15) is 13.2 Å². The van der Waals surface area contributed by atoms with E-state index in [1.54, 1.807) is 24.3 Å². The smallest absolute Gasteiger partial charge is 0.422 e. The van der Waals surface area contributed by atoms with Crippen LogP contribution >= 0.6 is 0 Å². The van der Waals surface area contributed by atoms with Crippen LogP contribution in [0.15, 0.2) is 36.6 Å². The summed E-state index contributed by atoms with van der Waals surface area (Å²) in [5.41, 5.74) is 0.801. The normalized spacial score (nSPS) is 11.9. The predicted octanol–water partition coefficient (Wildman–Crippen LogP) is 3.24. The minimum absolute atomic E-state index is 0.801. The van der Waals surface area contributed by atoms with Gasteiger partial charge in [-0.05, 0) is 11.6 Å². The molecule has 0 aliphatic rings. The van der Waals surface area contributed by atoms with E-state index in [0.29, 0.717) is 0 Å². The second kappa shape index (κ2) is 4.69. The summed E-state index contributed by atoms with van der Waals surface area (Å²) < 4.78 is 39.2. The van der Waals surface area contributed by atoms with Gasteiger partial charge in [0.2, 0.25) is 0 Å². The first-order chi connectivity index (χ1) is 6.58. The Labute approximate surface area is 79.8 Å². The maximum atomic E-state index is 11.6. The number of hydrogen-bond acceptors (Lipinski definition) is 1. The Bertz CT molecular complexity index is 290. The van der Waals surface area contributed by atoms with Crippen molar-refractivity contribution in [2.24, 2.45) is 0 Å². The number of benzene rings is 1. The van der Waals surface area contributed by atoms with Gasteiger partial charge >= 0.3 is 6.18 Å². The Balaban J connectivity index is 2.35. The monoisotopic (exact) mass is 202 g/mol. The van der Waals surface area contributed by atoms with Crippen molar-refractivity contribution in [3.8, 4) is 0 Å². The summed E-state index contributed by atoms with van der Waals surface area (Å²) in [6.07, 6.45) is -1.75. The first kappa shape index (κ1) is 10.6. The van der Waals surface area contributed by atoms with Crippen molar-refractivity contribution in [1.29, 1.82) is 0 Å². The number of rotatable bonds is 3. The van der Waals surface area contributed by atoms with E-state index >= 15 is 0 Å². The lowest BCUT2D eigenvalue weighted by molar-refractivity contribution is -0.161. The fraction of sp³-hybridized carbons (Fsp3) is 0.200. The van der Waals surface area contributed by atoms with Crippen LogP contribution in [0.25, 0.3) is 6.08 Å². The van der Waals surface area contributed by atoms with Crippen molar-refractivity contribution in [2.45, 2.75) is 6.18 Å². The molecule has 4 heteroatoms. The van der Waals surface area contributed by atoms with Gasteiger partial charge in [0.15, 0.2) is 6.61 Å². The average Bonchev–Trinajstić information content (AvgIpc) is 2.13. The standard InChI is InChI=1S/C10H9F3O/c11-10(12,13)8-14-7-6-9-4-2-1-3-5-9/h1-7H,8H2. The largest absolute Gasteiger partial charge is 0.492 e. The van der Waals surface area contributed by atoms with Gasteiger partial charge in [0.05, 0.1) is 6.26 Å². The molecule has 1 aromatic rings. The zero-order chi connectivity index (χ0) is 10.4. The fourth-order valence-corrected chi connectivity index (χ4v) is 0.833. The van der Waals surface area contributed by atoms with Crippen LogP contribution in [-0.2, 0) is 4.74 Å². The third kappa shape index (κ3) is 4.54. The number of ether oxygens (including phenoxy) is 1. The van der Waals surface area contributed by atoms with E-state index in [9.17, 15) is 13.2 Å². The Hall–Kier alpha value is -1.45. The highest BCUT2D eigenvalue weighted by Crippen LogP contribution is 2.14. The fourth-order valence-electron chi connectivity index (χ4n) is 0.833. The van der Waals surface area contributed by atoms with E-state index in [1.807, 2.05) is 6.07 Å². The van der Waals surface area contributed by atoms with Gasteiger partial charge in [-0.3, -0.25) is 0 Å². The van der Waals surface area contributed by atoms with Crippen molar-refractivity contribution in [2.75, 3.05) is 6.61 Å². The Morgan fingerprint density at radius 3 is 2.36 bits per heavy atom. The summed E-state index contributed by atoms with van der Waals surface area (Å²) in [6.45, 7) is -1.25. The molecule has 0 aliphatic carbocycles. The number of halogens is 3. The Kier molecular flexibility index (Phi) is 3.56. The van der Waals surface area contributed by atoms with Gasteiger partial charge in [0.25, 0.3) is 0 Å². The highest BCUT2D eigenvalue weighted by Gasteiger charge is 2.27. The molecule has 0 N–H and O–H groups in total. The number of alkyl halides is 3. The molecule has 0 bridgehead atoms. The maximum absolute atomic E-state index is 11.6. The summed E-state index contributed by atoms with van der Waals surface area (Å²) in [5.74, 6) is 0. The predicted molar refractivity (Wildman–Crippen MR) is 47.5 cm³/mol. The Morgan fingerprint density at radius 2 is 1.79 bits per heavy atom. The third-order valence-electron chi connectivity index (χ3n) is 1.40. The molecule has 0 radical (unpaired) electrons. The molecule has 0 amide bonds. The summed E-state index contributed by atoms with van der Waals surface area (Å²) in [5, 5.41) is 0. The van der Waals surface area contributed by atoms with Crippen molar-refractivity contribution in [3.05, 3.63) is 42.2 Å².